The van der Waals surface area contributed by atoms with Gasteiger partial charge in [-0.25, -0.2) is 0 Å². The van der Waals surface area contributed by atoms with Crippen molar-refractivity contribution in [3.05, 3.63) is 35.9 Å². The summed E-state index contributed by atoms with van der Waals surface area (Å²) in [5.74, 6) is -0.570. The van der Waals surface area contributed by atoms with Crippen molar-refractivity contribution >= 4 is 5.91 Å². The van der Waals surface area contributed by atoms with Gasteiger partial charge in [0, 0.05) is 19.2 Å². The number of benzene rings is 1. The topological polar surface area (TPSA) is 93.8 Å². The molecule has 0 aliphatic carbocycles. The molecule has 23 heavy (non-hydrogen) atoms. The van der Waals surface area contributed by atoms with Crippen LogP contribution in [0.15, 0.2) is 30.3 Å². The standard InChI is InChI=1S/C13H18N2O2.C4H10O2/c14-7-10-6-12(17-9-10)8-15-13(16)11-4-2-1-3-5-11;1-4(2,5)6-3/h1-5,10,12H,6-9,14H2,(H,15,16);5H,1-3H3. The fraction of sp³-hybridized carbons (Fsp3) is 0.588. The molecule has 1 aromatic carbocycles. The number of nitrogens with two attached hydrogens (primary N) is 1. The lowest BCUT2D eigenvalue weighted by Crippen LogP contribution is -2.31. The van der Waals surface area contributed by atoms with E-state index in [1.807, 2.05) is 18.2 Å². The van der Waals surface area contributed by atoms with E-state index in [2.05, 4.69) is 10.1 Å². The van der Waals surface area contributed by atoms with Crippen LogP contribution in [0.25, 0.3) is 0 Å². The summed E-state index contributed by atoms with van der Waals surface area (Å²) in [6.07, 6.45) is 1.04. The second-order valence-electron chi connectivity index (χ2n) is 6.02. The molecule has 1 aliphatic rings. The van der Waals surface area contributed by atoms with Crippen LogP contribution in [0.1, 0.15) is 30.6 Å². The Bertz CT molecular complexity index is 459. The molecule has 1 aromatic rings. The fourth-order valence-corrected chi connectivity index (χ4v) is 1.98. The monoisotopic (exact) mass is 324 g/mol. The zero-order valence-corrected chi connectivity index (χ0v) is 14.1. The van der Waals surface area contributed by atoms with Crippen LogP contribution in [-0.4, -0.2) is 49.7 Å². The average Bonchev–Trinajstić information content (AvgIpc) is 3.01. The number of hydrogen-bond acceptors (Lipinski definition) is 5. The third kappa shape index (κ3) is 8.08. The fourth-order valence-electron chi connectivity index (χ4n) is 1.98. The zero-order chi connectivity index (χ0) is 17.3. The third-order valence-corrected chi connectivity index (χ3v) is 3.52. The van der Waals surface area contributed by atoms with Gasteiger partial charge in [0.15, 0.2) is 5.79 Å². The summed E-state index contributed by atoms with van der Waals surface area (Å²) >= 11 is 0. The minimum atomic E-state index is -0.958. The molecule has 4 N–H and O–H groups in total. The van der Waals surface area contributed by atoms with E-state index in [1.165, 1.54) is 7.11 Å². The number of hydrogen-bond donors (Lipinski definition) is 3. The van der Waals surface area contributed by atoms with E-state index in [-0.39, 0.29) is 12.0 Å². The van der Waals surface area contributed by atoms with Crippen molar-refractivity contribution in [2.75, 3.05) is 26.8 Å². The minimum absolute atomic E-state index is 0.0506. The third-order valence-electron chi connectivity index (χ3n) is 3.52. The van der Waals surface area contributed by atoms with Crippen LogP contribution < -0.4 is 11.1 Å². The van der Waals surface area contributed by atoms with E-state index in [4.69, 9.17) is 15.6 Å². The maximum Gasteiger partial charge on any atom is 0.251 e. The molecule has 1 amide bonds. The molecule has 0 saturated carbocycles. The SMILES string of the molecule is COC(C)(C)O.NCC1COC(CNC(=O)c2ccccc2)C1. The molecule has 0 radical (unpaired) electrons. The molecular formula is C17H28N2O4. The zero-order valence-electron chi connectivity index (χ0n) is 14.1. The van der Waals surface area contributed by atoms with Crippen LogP contribution in [0.5, 0.6) is 0 Å². The smallest absolute Gasteiger partial charge is 0.251 e. The Balaban J connectivity index is 0.000000379. The Morgan fingerprint density at radius 3 is 2.52 bits per heavy atom. The molecule has 0 bridgehead atoms. The van der Waals surface area contributed by atoms with Gasteiger partial charge in [0.1, 0.15) is 0 Å². The molecule has 6 nitrogen and oxygen atoms in total. The Morgan fingerprint density at radius 1 is 1.43 bits per heavy atom. The number of carbonyl (C=O) groups excluding carboxylic acids is 1. The molecule has 0 aromatic heterocycles. The molecule has 0 spiro atoms. The maximum atomic E-state index is 11.8. The normalized spacial score (nSPS) is 20.6. The highest BCUT2D eigenvalue weighted by molar-refractivity contribution is 5.94. The summed E-state index contributed by atoms with van der Waals surface area (Å²) in [7, 11) is 1.46. The van der Waals surface area contributed by atoms with Crippen molar-refractivity contribution < 1.29 is 19.4 Å². The molecule has 2 atom stereocenters. The summed E-state index contributed by atoms with van der Waals surface area (Å²) in [4.78, 5) is 11.8. The van der Waals surface area contributed by atoms with E-state index in [0.717, 1.165) is 6.42 Å². The van der Waals surface area contributed by atoms with Gasteiger partial charge in [0.25, 0.3) is 5.91 Å². The number of carbonyl (C=O) groups is 1. The lowest BCUT2D eigenvalue weighted by atomic mass is 10.1. The number of amides is 1. The predicted molar refractivity (Wildman–Crippen MR) is 89.0 cm³/mol. The summed E-state index contributed by atoms with van der Waals surface area (Å²) in [6.45, 7) is 5.08. The van der Waals surface area contributed by atoms with Crippen molar-refractivity contribution in [3.8, 4) is 0 Å². The molecule has 2 rings (SSSR count). The first-order chi connectivity index (χ1) is 10.9. The molecular weight excluding hydrogens is 296 g/mol. The van der Waals surface area contributed by atoms with Crippen LogP contribution in [0.4, 0.5) is 0 Å². The highest BCUT2D eigenvalue weighted by Gasteiger charge is 2.24. The molecule has 2 unspecified atom stereocenters. The van der Waals surface area contributed by atoms with E-state index in [9.17, 15) is 4.79 Å². The number of methoxy groups -OCH3 is 1. The Morgan fingerprint density at radius 2 is 2.04 bits per heavy atom. The summed E-state index contributed by atoms with van der Waals surface area (Å²) in [5.41, 5.74) is 6.26. The molecule has 1 saturated heterocycles. The Kier molecular flexibility index (Phi) is 8.19. The molecule has 6 heteroatoms. The van der Waals surface area contributed by atoms with Crippen LogP contribution >= 0.6 is 0 Å². The van der Waals surface area contributed by atoms with E-state index in [1.54, 1.807) is 26.0 Å². The summed E-state index contributed by atoms with van der Waals surface area (Å²) < 4.78 is 10.0. The predicted octanol–water partition coefficient (Wildman–Crippen LogP) is 1.14. The van der Waals surface area contributed by atoms with Crippen LogP contribution in [0.2, 0.25) is 0 Å². The van der Waals surface area contributed by atoms with E-state index in [0.29, 0.717) is 31.2 Å². The quantitative estimate of drug-likeness (QED) is 0.706. The number of rotatable bonds is 5. The second kappa shape index (κ2) is 9.62. The molecule has 1 heterocycles. The van der Waals surface area contributed by atoms with Gasteiger partial charge in [-0.2, -0.15) is 0 Å². The van der Waals surface area contributed by atoms with Crippen LogP contribution in [0, 0.1) is 5.92 Å². The van der Waals surface area contributed by atoms with Gasteiger partial charge in [-0.05, 0) is 44.9 Å². The highest BCUT2D eigenvalue weighted by Crippen LogP contribution is 2.17. The lowest BCUT2D eigenvalue weighted by molar-refractivity contribution is -0.155. The Labute approximate surface area is 138 Å². The number of ether oxygens (including phenoxy) is 2. The summed E-state index contributed by atoms with van der Waals surface area (Å²) in [5, 5.41) is 11.5. The van der Waals surface area contributed by atoms with Crippen LogP contribution in [0.3, 0.4) is 0 Å². The Hall–Kier alpha value is -1.47. The minimum Gasteiger partial charge on any atom is -0.376 e. The van der Waals surface area contributed by atoms with Crippen LogP contribution in [-0.2, 0) is 9.47 Å². The van der Waals surface area contributed by atoms with Gasteiger partial charge < -0.3 is 25.6 Å². The van der Waals surface area contributed by atoms with Gasteiger partial charge in [-0.1, -0.05) is 18.2 Å². The first-order valence-corrected chi connectivity index (χ1v) is 7.78. The van der Waals surface area contributed by atoms with Crippen molar-refractivity contribution in [3.63, 3.8) is 0 Å². The first-order valence-electron chi connectivity index (χ1n) is 7.78. The van der Waals surface area contributed by atoms with Gasteiger partial charge in [0.2, 0.25) is 0 Å². The van der Waals surface area contributed by atoms with Gasteiger partial charge in [-0.15, -0.1) is 0 Å². The molecule has 130 valence electrons. The lowest BCUT2D eigenvalue weighted by Gasteiger charge is -2.12. The van der Waals surface area contributed by atoms with Gasteiger partial charge in [-0.3, -0.25) is 4.79 Å². The molecule has 1 aliphatic heterocycles. The summed E-state index contributed by atoms with van der Waals surface area (Å²) in [6, 6.07) is 9.20. The number of nitrogens with one attached hydrogen (secondary N) is 1. The van der Waals surface area contributed by atoms with Crippen molar-refractivity contribution in [1.82, 2.24) is 5.32 Å². The van der Waals surface area contributed by atoms with Crippen molar-refractivity contribution in [1.29, 1.82) is 0 Å². The number of aliphatic hydroxyl groups is 1. The maximum absolute atomic E-state index is 11.8. The second-order valence-corrected chi connectivity index (χ2v) is 6.02. The first kappa shape index (κ1) is 19.6. The van der Waals surface area contributed by atoms with Gasteiger partial charge >= 0.3 is 0 Å². The van der Waals surface area contributed by atoms with E-state index < -0.39 is 5.79 Å². The van der Waals surface area contributed by atoms with Gasteiger partial charge in [0.05, 0.1) is 12.7 Å². The van der Waals surface area contributed by atoms with Crippen molar-refractivity contribution in [2.45, 2.75) is 32.2 Å². The largest absolute Gasteiger partial charge is 0.376 e. The highest BCUT2D eigenvalue weighted by atomic mass is 16.6. The van der Waals surface area contributed by atoms with E-state index >= 15 is 0 Å². The average molecular weight is 324 g/mol. The van der Waals surface area contributed by atoms with Crippen molar-refractivity contribution in [2.24, 2.45) is 11.7 Å². The molecule has 1 fully saturated rings.